The van der Waals surface area contributed by atoms with Crippen LogP contribution in [-0.2, 0) is 23.8 Å². The molecule has 0 heterocycles. The number of benzene rings is 3. The van der Waals surface area contributed by atoms with Crippen molar-refractivity contribution in [1.29, 1.82) is 0 Å². The molecule has 1 amide bonds. The number of rotatable bonds is 10. The first kappa shape index (κ1) is 29.2. The topological polar surface area (TPSA) is 145 Å². The Balaban J connectivity index is 1.92. The summed E-state index contributed by atoms with van der Waals surface area (Å²) in [5.74, 6) is -5.75. The third-order valence-electron chi connectivity index (χ3n) is 5.05. The summed E-state index contributed by atoms with van der Waals surface area (Å²) in [6.45, 7) is 1.75. The van der Waals surface area contributed by atoms with Crippen LogP contribution in [0.15, 0.2) is 72.8 Å². The van der Waals surface area contributed by atoms with E-state index in [9.17, 15) is 29.1 Å². The van der Waals surface area contributed by atoms with Gasteiger partial charge in [-0.2, -0.15) is 0 Å². The van der Waals surface area contributed by atoms with E-state index in [-0.39, 0.29) is 29.0 Å². The van der Waals surface area contributed by atoms with E-state index in [0.29, 0.717) is 10.0 Å². The van der Waals surface area contributed by atoms with Crippen molar-refractivity contribution in [3.8, 4) is 0 Å². The van der Waals surface area contributed by atoms with Gasteiger partial charge in [0.1, 0.15) is 0 Å². The summed E-state index contributed by atoms with van der Waals surface area (Å²) < 4.78 is 15.3. The highest BCUT2D eigenvalue weighted by atomic mass is 35.5. The first-order valence-electron chi connectivity index (χ1n) is 11.3. The third-order valence-corrected chi connectivity index (χ3v) is 5.55. The molecular formula is C27H21Cl2NO9. The van der Waals surface area contributed by atoms with E-state index in [2.05, 4.69) is 5.32 Å². The lowest BCUT2D eigenvalue weighted by Crippen LogP contribution is -2.48. The Morgan fingerprint density at radius 1 is 0.744 bits per heavy atom. The zero-order chi connectivity index (χ0) is 28.5. The molecule has 39 heavy (non-hydrogen) atoms. The molecule has 0 aliphatic rings. The maximum Gasteiger partial charge on any atom is 0.349 e. The highest BCUT2D eigenvalue weighted by molar-refractivity contribution is 6.31. The lowest BCUT2D eigenvalue weighted by Gasteiger charge is -2.23. The number of nitrogens with one attached hydrogen (secondary N) is 1. The molecule has 3 aromatic carbocycles. The Bertz CT molecular complexity index is 1370. The monoisotopic (exact) mass is 573 g/mol. The molecule has 3 aromatic rings. The molecule has 0 saturated carbocycles. The Labute approximate surface area is 232 Å². The second kappa shape index (κ2) is 13.4. The molecule has 202 valence electrons. The first-order chi connectivity index (χ1) is 18.6. The summed E-state index contributed by atoms with van der Waals surface area (Å²) in [6, 6.07) is 16.3. The van der Waals surface area contributed by atoms with E-state index < -0.39 is 42.0 Å². The molecule has 10 nitrogen and oxygen atoms in total. The maximum absolute atomic E-state index is 13.3. The van der Waals surface area contributed by atoms with Crippen molar-refractivity contribution >= 4 is 58.7 Å². The summed E-state index contributed by atoms with van der Waals surface area (Å²) in [5, 5.41) is 12.9. The number of carboxylic acid groups (broad SMARTS) is 1. The van der Waals surface area contributed by atoms with Gasteiger partial charge >= 0.3 is 23.9 Å². The van der Waals surface area contributed by atoms with Crippen LogP contribution < -0.4 is 5.32 Å². The number of ether oxygens (including phenoxy) is 3. The predicted molar refractivity (Wildman–Crippen MR) is 140 cm³/mol. The molecule has 0 spiro atoms. The van der Waals surface area contributed by atoms with Crippen molar-refractivity contribution in [3.63, 3.8) is 0 Å². The lowest BCUT2D eigenvalue weighted by molar-refractivity contribution is -0.157. The molecule has 2 N–H and O–H groups in total. The van der Waals surface area contributed by atoms with Gasteiger partial charge in [0.05, 0.1) is 23.3 Å². The molecule has 2 atom stereocenters. The molecule has 12 heteroatoms. The van der Waals surface area contributed by atoms with Crippen molar-refractivity contribution in [3.05, 3.63) is 99.5 Å². The average Bonchev–Trinajstić information content (AvgIpc) is 2.91. The number of carbonyl (C=O) groups excluding carboxylic acids is 4. The van der Waals surface area contributed by atoms with Gasteiger partial charge in [0.2, 0.25) is 12.2 Å². The van der Waals surface area contributed by atoms with Crippen molar-refractivity contribution < 1.29 is 43.3 Å². The third kappa shape index (κ3) is 8.03. The van der Waals surface area contributed by atoms with Crippen LogP contribution in [-0.4, -0.2) is 53.7 Å². The fourth-order valence-corrected chi connectivity index (χ4v) is 3.44. The van der Waals surface area contributed by atoms with Gasteiger partial charge in [-0.3, -0.25) is 4.79 Å². The fraction of sp³-hybridized carbons (Fsp3) is 0.148. The number of carbonyl (C=O) groups is 5. The van der Waals surface area contributed by atoms with Crippen LogP contribution in [0.1, 0.15) is 38.0 Å². The van der Waals surface area contributed by atoms with Gasteiger partial charge in [0.25, 0.3) is 5.91 Å². The molecule has 0 unspecified atom stereocenters. The summed E-state index contributed by atoms with van der Waals surface area (Å²) in [6.07, 6.45) is -4.40. The van der Waals surface area contributed by atoms with Gasteiger partial charge in [-0.15, -0.1) is 0 Å². The van der Waals surface area contributed by atoms with Crippen molar-refractivity contribution in [2.75, 3.05) is 11.9 Å². The Morgan fingerprint density at radius 3 is 1.74 bits per heavy atom. The summed E-state index contributed by atoms with van der Waals surface area (Å²) in [4.78, 5) is 62.9. The quantitative estimate of drug-likeness (QED) is 0.261. The van der Waals surface area contributed by atoms with Crippen LogP contribution in [0.25, 0.3) is 0 Å². The second-order valence-electron chi connectivity index (χ2n) is 7.79. The summed E-state index contributed by atoms with van der Waals surface area (Å²) in [7, 11) is 0. The van der Waals surface area contributed by atoms with Crippen molar-refractivity contribution in [2.24, 2.45) is 0 Å². The standard InChI is InChI=1S/C27H21Cl2NO9/c1-2-37-25(34)17-4-3-5-20(14-17)30-23(31)21(38-26(35)15-6-10-18(28)11-7-15)22(24(32)33)39-27(36)16-8-12-19(29)13-9-16/h3-14,21-22H,2H2,1H3,(H,30,31)(H,32,33)/t21-,22-/m0/s1. The maximum atomic E-state index is 13.3. The van der Waals surface area contributed by atoms with E-state index >= 15 is 0 Å². The average molecular weight is 574 g/mol. The van der Waals surface area contributed by atoms with Gasteiger partial charge in [0.15, 0.2) is 0 Å². The Hall–Kier alpha value is -4.41. The number of anilines is 1. The molecule has 0 radical (unpaired) electrons. The van der Waals surface area contributed by atoms with Crippen LogP contribution in [0.2, 0.25) is 10.0 Å². The van der Waals surface area contributed by atoms with E-state index in [1.807, 2.05) is 0 Å². The van der Waals surface area contributed by atoms with Crippen LogP contribution in [0, 0.1) is 0 Å². The van der Waals surface area contributed by atoms with E-state index in [1.165, 1.54) is 72.8 Å². The first-order valence-corrected chi connectivity index (χ1v) is 12.1. The normalized spacial score (nSPS) is 12.0. The van der Waals surface area contributed by atoms with Gasteiger partial charge in [-0.1, -0.05) is 29.3 Å². The molecule has 3 rings (SSSR count). The number of esters is 3. The predicted octanol–water partition coefficient (Wildman–Crippen LogP) is 4.64. The highest BCUT2D eigenvalue weighted by Crippen LogP contribution is 2.19. The van der Waals surface area contributed by atoms with Gasteiger partial charge < -0.3 is 24.6 Å². The minimum Gasteiger partial charge on any atom is -0.478 e. The van der Waals surface area contributed by atoms with Crippen LogP contribution in [0.3, 0.4) is 0 Å². The molecule has 0 saturated heterocycles. The largest absolute Gasteiger partial charge is 0.478 e. The number of hydrogen-bond acceptors (Lipinski definition) is 8. The van der Waals surface area contributed by atoms with Crippen molar-refractivity contribution in [2.45, 2.75) is 19.1 Å². The molecule has 0 aliphatic heterocycles. The van der Waals surface area contributed by atoms with Crippen LogP contribution >= 0.6 is 23.2 Å². The lowest BCUT2D eigenvalue weighted by atomic mass is 10.1. The minimum absolute atomic E-state index is 0.0466. The second-order valence-corrected chi connectivity index (χ2v) is 8.67. The number of carboxylic acids is 1. The SMILES string of the molecule is CCOC(=O)c1cccc(NC(=O)[C@@H](OC(=O)c2ccc(Cl)cc2)[C@H](OC(=O)c2ccc(Cl)cc2)C(=O)O)c1. The molecule has 0 fully saturated rings. The molecule has 0 aliphatic carbocycles. The van der Waals surface area contributed by atoms with Gasteiger partial charge in [-0.05, 0) is 73.7 Å². The van der Waals surface area contributed by atoms with Crippen LogP contribution in [0.5, 0.6) is 0 Å². The number of halogens is 2. The molecular weight excluding hydrogens is 553 g/mol. The smallest absolute Gasteiger partial charge is 0.349 e. The summed E-state index contributed by atoms with van der Waals surface area (Å²) >= 11 is 11.7. The van der Waals surface area contributed by atoms with E-state index in [4.69, 9.17) is 37.4 Å². The van der Waals surface area contributed by atoms with Crippen LogP contribution in [0.4, 0.5) is 5.69 Å². The number of aliphatic carboxylic acids is 1. The Morgan fingerprint density at radius 2 is 1.26 bits per heavy atom. The summed E-state index contributed by atoms with van der Waals surface area (Å²) in [5.41, 5.74) is 0.0604. The van der Waals surface area contributed by atoms with E-state index in [0.717, 1.165) is 0 Å². The Kier molecular flexibility index (Phi) is 10.0. The number of amides is 1. The molecule has 0 bridgehead atoms. The fourth-order valence-electron chi connectivity index (χ4n) is 3.18. The minimum atomic E-state index is -2.25. The van der Waals surface area contributed by atoms with Gasteiger partial charge in [-0.25, -0.2) is 19.2 Å². The number of hydrogen-bond donors (Lipinski definition) is 2. The zero-order valence-electron chi connectivity index (χ0n) is 20.3. The van der Waals surface area contributed by atoms with Gasteiger partial charge in [0, 0.05) is 15.7 Å². The zero-order valence-corrected chi connectivity index (χ0v) is 21.8. The van der Waals surface area contributed by atoms with E-state index in [1.54, 1.807) is 6.92 Å². The van der Waals surface area contributed by atoms with Crippen molar-refractivity contribution in [1.82, 2.24) is 0 Å². The molecule has 0 aromatic heterocycles. The highest BCUT2D eigenvalue weighted by Gasteiger charge is 2.41.